The third kappa shape index (κ3) is 5.31. The summed E-state index contributed by atoms with van der Waals surface area (Å²) in [5, 5.41) is 10.9. The molecule has 1 unspecified atom stereocenters. The Balaban J connectivity index is 1.28. The number of nitriles is 1. The Bertz CT molecular complexity index is 1960. The summed E-state index contributed by atoms with van der Waals surface area (Å²) in [7, 11) is 0. The lowest BCUT2D eigenvalue weighted by atomic mass is 9.83. The maximum absolute atomic E-state index is 13.2. The van der Waals surface area contributed by atoms with Gasteiger partial charge < -0.3 is 24.4 Å². The Morgan fingerprint density at radius 2 is 1.72 bits per heavy atom. The molecule has 0 saturated heterocycles. The van der Waals surface area contributed by atoms with Crippen LogP contribution in [0.5, 0.6) is 17.2 Å². The van der Waals surface area contributed by atoms with Crippen LogP contribution < -0.4 is 19.9 Å². The SMILES string of the molecule is Cc1ccc(COc2cccc(C3C(C#N)=C(N)Oc4cc(OC(=O)c5oc6cc(C)cc(C)c6c5C)ccc43)c2)cc1. The van der Waals surface area contributed by atoms with Crippen LogP contribution in [-0.2, 0) is 6.61 Å². The van der Waals surface area contributed by atoms with Crippen molar-refractivity contribution in [2.45, 2.75) is 40.2 Å². The van der Waals surface area contributed by atoms with Crippen molar-refractivity contribution in [3.05, 3.63) is 135 Å². The van der Waals surface area contributed by atoms with Crippen molar-refractivity contribution in [2.24, 2.45) is 5.73 Å². The molecule has 43 heavy (non-hydrogen) atoms. The fraction of sp³-hybridized carbons (Fsp3) is 0.167. The van der Waals surface area contributed by atoms with E-state index in [1.807, 2.05) is 82.3 Å². The second kappa shape index (κ2) is 11.1. The molecule has 0 amide bonds. The minimum absolute atomic E-state index is 0.00609. The third-order valence-electron chi connectivity index (χ3n) is 7.68. The number of hydrogen-bond donors (Lipinski definition) is 1. The maximum Gasteiger partial charge on any atom is 0.379 e. The van der Waals surface area contributed by atoms with Crippen molar-refractivity contribution >= 4 is 16.9 Å². The molecule has 0 radical (unpaired) electrons. The number of nitrogens with zero attached hydrogens (tertiary/aromatic N) is 1. The van der Waals surface area contributed by atoms with Crippen molar-refractivity contribution < 1.29 is 23.4 Å². The van der Waals surface area contributed by atoms with Gasteiger partial charge >= 0.3 is 5.97 Å². The highest BCUT2D eigenvalue weighted by Crippen LogP contribution is 2.44. The minimum Gasteiger partial charge on any atom is -0.489 e. The Hall–Kier alpha value is -5.48. The van der Waals surface area contributed by atoms with Gasteiger partial charge in [-0.1, -0.05) is 54.1 Å². The van der Waals surface area contributed by atoms with E-state index in [0.717, 1.165) is 33.2 Å². The normalized spacial score (nSPS) is 14.2. The van der Waals surface area contributed by atoms with Crippen molar-refractivity contribution in [3.8, 4) is 23.3 Å². The summed E-state index contributed by atoms with van der Waals surface area (Å²) in [4.78, 5) is 13.2. The van der Waals surface area contributed by atoms with Crippen LogP contribution in [0, 0.1) is 39.0 Å². The van der Waals surface area contributed by atoms with E-state index in [-0.39, 0.29) is 23.0 Å². The van der Waals surface area contributed by atoms with E-state index < -0.39 is 11.9 Å². The summed E-state index contributed by atoms with van der Waals surface area (Å²) in [5.41, 5.74) is 13.7. The Morgan fingerprint density at radius 3 is 2.49 bits per heavy atom. The van der Waals surface area contributed by atoms with Crippen molar-refractivity contribution in [3.63, 3.8) is 0 Å². The van der Waals surface area contributed by atoms with Crippen LogP contribution in [-0.4, -0.2) is 5.97 Å². The van der Waals surface area contributed by atoms with Gasteiger partial charge in [0.1, 0.15) is 41.1 Å². The number of furan rings is 1. The number of ether oxygens (including phenoxy) is 3. The molecular formula is C36H30N2O5. The van der Waals surface area contributed by atoms with E-state index in [1.54, 1.807) is 18.2 Å². The summed E-state index contributed by atoms with van der Waals surface area (Å²) in [6.45, 7) is 8.27. The maximum atomic E-state index is 13.2. The fourth-order valence-electron chi connectivity index (χ4n) is 5.61. The van der Waals surface area contributed by atoms with Gasteiger partial charge in [-0.05, 0) is 74.2 Å². The first-order valence-corrected chi connectivity index (χ1v) is 13.9. The molecule has 0 aliphatic carbocycles. The van der Waals surface area contributed by atoms with Crippen LogP contribution >= 0.6 is 0 Å². The third-order valence-corrected chi connectivity index (χ3v) is 7.68. The number of nitrogens with two attached hydrogens (primary N) is 1. The van der Waals surface area contributed by atoms with Gasteiger partial charge in [0.2, 0.25) is 11.6 Å². The molecule has 0 fully saturated rings. The zero-order valence-electron chi connectivity index (χ0n) is 24.4. The lowest BCUT2D eigenvalue weighted by Gasteiger charge is -2.27. The molecule has 1 atom stereocenters. The standard InChI is InChI=1S/C36H30N2O5/c1-20-8-10-24(11-9-20)19-40-26-7-5-6-25(16-26)33-28-13-12-27(17-30(28)43-35(38)29(33)18-37)41-36(39)34-23(4)32-22(3)14-21(2)15-31(32)42-34/h5-17,33H,19,38H2,1-4H3. The predicted molar refractivity (Wildman–Crippen MR) is 163 cm³/mol. The molecule has 4 aromatic carbocycles. The number of hydrogen-bond acceptors (Lipinski definition) is 7. The molecule has 2 heterocycles. The average molecular weight is 571 g/mol. The summed E-state index contributed by atoms with van der Waals surface area (Å²) in [6.07, 6.45) is 0. The quantitative estimate of drug-likeness (QED) is 0.165. The van der Waals surface area contributed by atoms with Crippen molar-refractivity contribution in [1.29, 1.82) is 5.26 Å². The number of rotatable bonds is 6. The predicted octanol–water partition coefficient (Wildman–Crippen LogP) is 7.68. The molecule has 214 valence electrons. The van der Waals surface area contributed by atoms with E-state index in [0.29, 0.717) is 29.3 Å². The van der Waals surface area contributed by atoms with E-state index in [2.05, 4.69) is 12.1 Å². The summed E-state index contributed by atoms with van der Waals surface area (Å²) < 4.78 is 23.6. The summed E-state index contributed by atoms with van der Waals surface area (Å²) in [6, 6.07) is 27.0. The zero-order chi connectivity index (χ0) is 30.2. The van der Waals surface area contributed by atoms with E-state index in [9.17, 15) is 10.1 Å². The van der Waals surface area contributed by atoms with Gasteiger partial charge in [0.15, 0.2) is 0 Å². The van der Waals surface area contributed by atoms with E-state index >= 15 is 0 Å². The first-order chi connectivity index (χ1) is 20.7. The zero-order valence-corrected chi connectivity index (χ0v) is 24.4. The number of benzene rings is 4. The molecule has 2 N–H and O–H groups in total. The Morgan fingerprint density at radius 1 is 0.930 bits per heavy atom. The number of aryl methyl sites for hydroxylation is 4. The van der Waals surface area contributed by atoms with Crippen LogP contribution in [0.3, 0.4) is 0 Å². The fourth-order valence-corrected chi connectivity index (χ4v) is 5.61. The average Bonchev–Trinajstić information content (AvgIpc) is 3.32. The van der Waals surface area contributed by atoms with Crippen LogP contribution in [0.15, 0.2) is 94.7 Å². The molecule has 0 saturated carbocycles. The van der Waals surface area contributed by atoms with Crippen LogP contribution in [0.1, 0.15) is 55.4 Å². The molecule has 0 spiro atoms. The number of fused-ring (bicyclic) bond motifs is 2. The Kier molecular flexibility index (Phi) is 7.12. The molecule has 1 aliphatic heterocycles. The van der Waals surface area contributed by atoms with Crippen LogP contribution in [0.2, 0.25) is 0 Å². The lowest BCUT2D eigenvalue weighted by molar-refractivity contribution is 0.0702. The van der Waals surface area contributed by atoms with Crippen molar-refractivity contribution in [2.75, 3.05) is 0 Å². The topological polar surface area (TPSA) is 108 Å². The van der Waals surface area contributed by atoms with E-state index in [4.69, 9.17) is 24.4 Å². The van der Waals surface area contributed by atoms with Gasteiger partial charge in [-0.25, -0.2) is 4.79 Å². The van der Waals surface area contributed by atoms with Crippen LogP contribution in [0.25, 0.3) is 11.0 Å². The second-order valence-electron chi connectivity index (χ2n) is 10.9. The highest BCUT2D eigenvalue weighted by Gasteiger charge is 2.32. The van der Waals surface area contributed by atoms with E-state index in [1.165, 1.54) is 5.56 Å². The van der Waals surface area contributed by atoms with Gasteiger partial charge in [-0.3, -0.25) is 0 Å². The van der Waals surface area contributed by atoms with Gasteiger partial charge in [0.05, 0.1) is 5.92 Å². The molecule has 7 heteroatoms. The molecular weight excluding hydrogens is 540 g/mol. The lowest BCUT2D eigenvalue weighted by Crippen LogP contribution is -2.21. The molecule has 1 aliphatic rings. The molecule has 0 bridgehead atoms. The molecule has 1 aromatic heterocycles. The van der Waals surface area contributed by atoms with Crippen LogP contribution in [0.4, 0.5) is 0 Å². The minimum atomic E-state index is -0.613. The second-order valence-corrected chi connectivity index (χ2v) is 10.9. The van der Waals surface area contributed by atoms with Gasteiger partial charge in [0, 0.05) is 22.6 Å². The molecule has 5 aromatic rings. The summed E-state index contributed by atoms with van der Waals surface area (Å²) >= 11 is 0. The number of esters is 1. The van der Waals surface area contributed by atoms with Gasteiger partial charge in [0.25, 0.3) is 0 Å². The van der Waals surface area contributed by atoms with Gasteiger partial charge in [-0.2, -0.15) is 5.26 Å². The van der Waals surface area contributed by atoms with Crippen molar-refractivity contribution in [1.82, 2.24) is 0 Å². The smallest absolute Gasteiger partial charge is 0.379 e. The number of carbonyl (C=O) groups is 1. The number of allylic oxidation sites excluding steroid dienone is 1. The Labute approximate surface area is 249 Å². The molecule has 7 nitrogen and oxygen atoms in total. The highest BCUT2D eigenvalue weighted by molar-refractivity contribution is 5.98. The first kappa shape index (κ1) is 27.7. The summed E-state index contributed by atoms with van der Waals surface area (Å²) in [5.74, 6) is 0.355. The number of carbonyl (C=O) groups excluding carboxylic acids is 1. The molecule has 6 rings (SSSR count). The highest BCUT2D eigenvalue weighted by atomic mass is 16.5. The van der Waals surface area contributed by atoms with Gasteiger partial charge in [-0.15, -0.1) is 0 Å². The largest absolute Gasteiger partial charge is 0.489 e. The monoisotopic (exact) mass is 570 g/mol. The first-order valence-electron chi connectivity index (χ1n) is 13.9.